The molecule has 17 heavy (non-hydrogen) atoms. The van der Waals surface area contributed by atoms with Crippen LogP contribution in [0.5, 0.6) is 0 Å². The first kappa shape index (κ1) is 12.7. The van der Waals surface area contributed by atoms with Crippen molar-refractivity contribution in [2.24, 2.45) is 0 Å². The molecule has 1 fully saturated rings. The third-order valence-electron chi connectivity index (χ3n) is 3.16. The molecule has 2 rings (SSSR count). The number of ether oxygens (including phenoxy) is 1. The minimum absolute atomic E-state index is 0.0318. The molecule has 1 N–H and O–H groups in total. The quantitative estimate of drug-likeness (QED) is 0.886. The highest BCUT2D eigenvalue weighted by Gasteiger charge is 2.25. The van der Waals surface area contributed by atoms with Crippen LogP contribution in [0, 0.1) is 0 Å². The second kappa shape index (κ2) is 5.29. The number of hydrogen-bond donors (Lipinski definition) is 1. The van der Waals surface area contributed by atoms with Crippen molar-refractivity contribution in [3.63, 3.8) is 0 Å². The molecule has 3 atom stereocenters. The van der Waals surface area contributed by atoms with Crippen molar-refractivity contribution in [1.82, 2.24) is 14.7 Å². The van der Waals surface area contributed by atoms with Gasteiger partial charge in [0.05, 0.1) is 0 Å². The summed E-state index contributed by atoms with van der Waals surface area (Å²) in [5.74, 6) is 0.783. The highest BCUT2D eigenvalue weighted by molar-refractivity contribution is 7.09. The predicted octanol–water partition coefficient (Wildman–Crippen LogP) is 1.43. The van der Waals surface area contributed by atoms with Crippen molar-refractivity contribution < 1.29 is 4.74 Å². The Balaban J connectivity index is 2.13. The van der Waals surface area contributed by atoms with E-state index in [0.717, 1.165) is 24.0 Å². The van der Waals surface area contributed by atoms with Crippen molar-refractivity contribution in [2.45, 2.75) is 39.0 Å². The number of nitrogens with zero attached hydrogens (tertiary/aromatic N) is 3. The second-order valence-corrected chi connectivity index (χ2v) is 5.35. The fraction of sp³-hybridized carbons (Fsp3) is 0.818. The van der Waals surface area contributed by atoms with Crippen molar-refractivity contribution in [3.8, 4) is 0 Å². The molecule has 6 heteroatoms. The number of piperazine rings is 1. The van der Waals surface area contributed by atoms with Gasteiger partial charge < -0.3 is 15.0 Å². The Morgan fingerprint density at radius 3 is 3.00 bits per heavy atom. The number of anilines is 1. The van der Waals surface area contributed by atoms with Crippen LogP contribution in [-0.4, -0.2) is 41.6 Å². The highest BCUT2D eigenvalue weighted by atomic mass is 32.1. The molecule has 0 spiro atoms. The average Bonchev–Trinajstić information content (AvgIpc) is 2.80. The van der Waals surface area contributed by atoms with Gasteiger partial charge in [0.25, 0.3) is 0 Å². The number of hydrogen-bond acceptors (Lipinski definition) is 6. The maximum atomic E-state index is 5.24. The van der Waals surface area contributed by atoms with E-state index in [1.165, 1.54) is 11.5 Å². The molecule has 0 aromatic carbocycles. The molecule has 1 aromatic heterocycles. The van der Waals surface area contributed by atoms with Crippen molar-refractivity contribution in [1.29, 1.82) is 0 Å². The third kappa shape index (κ3) is 2.75. The SMILES string of the molecule is COC(C)c1nsc(N2CC(C)NCC2C)n1. The van der Waals surface area contributed by atoms with Crippen LogP contribution in [0.2, 0.25) is 0 Å². The molecule has 0 amide bonds. The Labute approximate surface area is 106 Å². The van der Waals surface area contributed by atoms with E-state index in [1.54, 1.807) is 7.11 Å². The summed E-state index contributed by atoms with van der Waals surface area (Å²) in [5, 5.41) is 4.47. The summed E-state index contributed by atoms with van der Waals surface area (Å²) >= 11 is 1.46. The van der Waals surface area contributed by atoms with Crippen LogP contribution in [-0.2, 0) is 4.74 Å². The van der Waals surface area contributed by atoms with Gasteiger partial charge in [-0.15, -0.1) is 0 Å². The molecule has 1 saturated heterocycles. The Kier molecular flexibility index (Phi) is 3.96. The maximum absolute atomic E-state index is 5.24. The fourth-order valence-electron chi connectivity index (χ4n) is 1.90. The molecule has 1 aliphatic heterocycles. The van der Waals surface area contributed by atoms with E-state index >= 15 is 0 Å². The number of rotatable bonds is 3. The standard InChI is InChI=1S/C11H20N4OS/c1-7-6-15(8(2)5-12-7)11-13-10(14-17-11)9(3)16-4/h7-9,12H,5-6H2,1-4H3. The minimum atomic E-state index is -0.0318. The van der Waals surface area contributed by atoms with Gasteiger partial charge >= 0.3 is 0 Å². The normalized spacial score (nSPS) is 27.2. The Bertz CT molecular complexity index is 370. The van der Waals surface area contributed by atoms with E-state index in [1.807, 2.05) is 6.92 Å². The topological polar surface area (TPSA) is 50.3 Å². The number of methoxy groups -OCH3 is 1. The van der Waals surface area contributed by atoms with Crippen LogP contribution in [0.25, 0.3) is 0 Å². The molecule has 5 nitrogen and oxygen atoms in total. The molecule has 96 valence electrons. The lowest BCUT2D eigenvalue weighted by Gasteiger charge is -2.37. The summed E-state index contributed by atoms with van der Waals surface area (Å²) in [6.45, 7) is 8.35. The van der Waals surface area contributed by atoms with Gasteiger partial charge in [0.15, 0.2) is 5.82 Å². The molecular weight excluding hydrogens is 236 g/mol. The lowest BCUT2D eigenvalue weighted by Crippen LogP contribution is -2.54. The lowest BCUT2D eigenvalue weighted by molar-refractivity contribution is 0.113. The monoisotopic (exact) mass is 256 g/mol. The first-order chi connectivity index (χ1) is 8.11. The predicted molar refractivity (Wildman–Crippen MR) is 69.6 cm³/mol. The zero-order chi connectivity index (χ0) is 12.4. The van der Waals surface area contributed by atoms with Crippen molar-refractivity contribution >= 4 is 16.7 Å². The molecule has 1 aromatic rings. The molecule has 1 aliphatic rings. The summed E-state index contributed by atoms with van der Waals surface area (Å²) < 4.78 is 9.60. The van der Waals surface area contributed by atoms with E-state index in [4.69, 9.17) is 4.74 Å². The number of aromatic nitrogens is 2. The zero-order valence-electron chi connectivity index (χ0n) is 10.8. The van der Waals surface area contributed by atoms with Gasteiger partial charge in [0.2, 0.25) is 5.13 Å². The lowest BCUT2D eigenvalue weighted by atomic mass is 10.1. The zero-order valence-corrected chi connectivity index (χ0v) is 11.6. The van der Waals surface area contributed by atoms with Crippen molar-refractivity contribution in [2.75, 3.05) is 25.1 Å². The summed E-state index contributed by atoms with van der Waals surface area (Å²) in [6.07, 6.45) is -0.0318. The molecule has 0 bridgehead atoms. The minimum Gasteiger partial charge on any atom is -0.374 e. The molecule has 3 unspecified atom stereocenters. The van der Waals surface area contributed by atoms with Crippen LogP contribution in [0.3, 0.4) is 0 Å². The average molecular weight is 256 g/mol. The summed E-state index contributed by atoms with van der Waals surface area (Å²) in [6, 6.07) is 0.961. The summed E-state index contributed by atoms with van der Waals surface area (Å²) in [4.78, 5) is 6.89. The highest BCUT2D eigenvalue weighted by Crippen LogP contribution is 2.24. The van der Waals surface area contributed by atoms with Crippen LogP contribution in [0.1, 0.15) is 32.7 Å². The van der Waals surface area contributed by atoms with Gasteiger partial charge in [-0.25, -0.2) is 4.98 Å². The van der Waals surface area contributed by atoms with Crippen LogP contribution in [0.4, 0.5) is 5.13 Å². The van der Waals surface area contributed by atoms with Crippen LogP contribution in [0.15, 0.2) is 0 Å². The first-order valence-electron chi connectivity index (χ1n) is 5.98. The molecule has 0 radical (unpaired) electrons. The van der Waals surface area contributed by atoms with E-state index < -0.39 is 0 Å². The molecular formula is C11H20N4OS. The van der Waals surface area contributed by atoms with Gasteiger partial charge in [-0.2, -0.15) is 4.37 Å². The third-order valence-corrected chi connectivity index (χ3v) is 3.93. The summed E-state index contributed by atoms with van der Waals surface area (Å²) in [7, 11) is 1.68. The molecule has 0 saturated carbocycles. The second-order valence-electron chi connectivity index (χ2n) is 4.62. The van der Waals surface area contributed by atoms with Crippen LogP contribution >= 0.6 is 11.5 Å². The van der Waals surface area contributed by atoms with E-state index in [-0.39, 0.29) is 6.10 Å². The number of nitrogens with one attached hydrogen (secondary N) is 1. The Hall–Kier alpha value is -0.720. The van der Waals surface area contributed by atoms with E-state index in [0.29, 0.717) is 12.1 Å². The molecule has 2 heterocycles. The van der Waals surface area contributed by atoms with E-state index in [2.05, 4.69) is 33.4 Å². The smallest absolute Gasteiger partial charge is 0.205 e. The summed E-state index contributed by atoms with van der Waals surface area (Å²) in [5.41, 5.74) is 0. The van der Waals surface area contributed by atoms with Crippen molar-refractivity contribution in [3.05, 3.63) is 5.82 Å². The largest absolute Gasteiger partial charge is 0.374 e. The van der Waals surface area contributed by atoms with Gasteiger partial charge in [-0.1, -0.05) is 0 Å². The van der Waals surface area contributed by atoms with E-state index in [9.17, 15) is 0 Å². The first-order valence-corrected chi connectivity index (χ1v) is 6.75. The fourth-order valence-corrected chi connectivity index (χ4v) is 2.76. The molecule has 0 aliphatic carbocycles. The Morgan fingerprint density at radius 1 is 1.53 bits per heavy atom. The van der Waals surface area contributed by atoms with Gasteiger partial charge in [-0.05, 0) is 20.8 Å². The van der Waals surface area contributed by atoms with Gasteiger partial charge in [0, 0.05) is 43.8 Å². The Morgan fingerprint density at radius 2 is 2.29 bits per heavy atom. The maximum Gasteiger partial charge on any atom is 0.205 e. The van der Waals surface area contributed by atoms with Crippen LogP contribution < -0.4 is 10.2 Å². The van der Waals surface area contributed by atoms with Gasteiger partial charge in [0.1, 0.15) is 6.10 Å². The van der Waals surface area contributed by atoms with Gasteiger partial charge in [-0.3, -0.25) is 0 Å².